The molecule has 0 aromatic heterocycles. The third-order valence-electron chi connectivity index (χ3n) is 1.99. The minimum Gasteiger partial charge on any atom is -0.382 e. The number of benzene rings is 2. The number of hydrogen-bond donors (Lipinski definition) is 0. The van der Waals surface area contributed by atoms with Crippen LogP contribution < -0.4 is 4.18 Å². The van der Waals surface area contributed by atoms with E-state index >= 15 is 0 Å². The highest BCUT2D eigenvalue weighted by Gasteiger charge is 2.07. The largest absolute Gasteiger partial charge is 0.382 e. The highest BCUT2D eigenvalue weighted by molar-refractivity contribution is 7.86. The first-order valence-electron chi connectivity index (χ1n) is 4.43. The summed E-state index contributed by atoms with van der Waals surface area (Å²) in [6, 6.07) is 12.8. The van der Waals surface area contributed by atoms with Crippen molar-refractivity contribution in [3.63, 3.8) is 0 Å². The fraction of sp³-hybridized carbons (Fsp3) is 0.0909. The molecule has 2 rings (SSSR count). The first kappa shape index (κ1) is 9.98. The molecule has 0 heterocycles. The maximum Gasteiger partial charge on any atom is 0.306 e. The van der Waals surface area contributed by atoms with E-state index in [1.807, 2.05) is 30.3 Å². The molecule has 2 aromatic rings. The fourth-order valence-electron chi connectivity index (χ4n) is 1.43. The van der Waals surface area contributed by atoms with Gasteiger partial charge in [-0.05, 0) is 11.5 Å². The van der Waals surface area contributed by atoms with Gasteiger partial charge in [-0.15, -0.1) is 0 Å². The number of rotatable bonds is 2. The van der Waals surface area contributed by atoms with Gasteiger partial charge in [-0.2, -0.15) is 8.42 Å². The van der Waals surface area contributed by atoms with E-state index in [1.165, 1.54) is 0 Å². The van der Waals surface area contributed by atoms with Gasteiger partial charge < -0.3 is 4.18 Å². The Morgan fingerprint density at radius 2 is 1.67 bits per heavy atom. The molecule has 0 amide bonds. The monoisotopic (exact) mass is 222 g/mol. The quantitative estimate of drug-likeness (QED) is 0.731. The maximum atomic E-state index is 11.0. The summed E-state index contributed by atoms with van der Waals surface area (Å²) < 4.78 is 26.9. The molecule has 0 aliphatic carbocycles. The SMILES string of the molecule is CS(=O)(=O)Oc1cccc2ccccc12. The average molecular weight is 222 g/mol. The maximum absolute atomic E-state index is 11.0. The Balaban J connectivity index is 2.61. The van der Waals surface area contributed by atoms with Gasteiger partial charge in [-0.1, -0.05) is 36.4 Å². The van der Waals surface area contributed by atoms with Crippen LogP contribution in [-0.4, -0.2) is 14.7 Å². The van der Waals surface area contributed by atoms with Crippen molar-refractivity contribution in [3.8, 4) is 5.75 Å². The van der Waals surface area contributed by atoms with Crippen molar-refractivity contribution in [2.75, 3.05) is 6.26 Å². The first-order valence-corrected chi connectivity index (χ1v) is 6.25. The molecular formula is C11H10O3S. The Labute approximate surface area is 88.4 Å². The summed E-state index contributed by atoms with van der Waals surface area (Å²) in [5.74, 6) is 0.371. The zero-order valence-electron chi connectivity index (χ0n) is 8.17. The highest BCUT2D eigenvalue weighted by Crippen LogP contribution is 2.25. The molecule has 15 heavy (non-hydrogen) atoms. The molecule has 0 spiro atoms. The summed E-state index contributed by atoms with van der Waals surface area (Å²) in [7, 11) is -3.47. The fourth-order valence-corrected chi connectivity index (χ4v) is 1.90. The molecular weight excluding hydrogens is 212 g/mol. The molecule has 0 radical (unpaired) electrons. The Kier molecular flexibility index (Phi) is 2.36. The minimum absolute atomic E-state index is 0.371. The Morgan fingerprint density at radius 1 is 1.00 bits per heavy atom. The summed E-state index contributed by atoms with van der Waals surface area (Å²) in [6.07, 6.45) is 1.04. The topological polar surface area (TPSA) is 43.4 Å². The van der Waals surface area contributed by atoms with Crippen molar-refractivity contribution >= 4 is 20.9 Å². The van der Waals surface area contributed by atoms with Gasteiger partial charge >= 0.3 is 10.1 Å². The van der Waals surface area contributed by atoms with Crippen LogP contribution in [0.2, 0.25) is 0 Å². The highest BCUT2D eigenvalue weighted by atomic mass is 32.2. The second-order valence-corrected chi connectivity index (χ2v) is 4.84. The summed E-state index contributed by atoms with van der Waals surface area (Å²) in [5, 5.41) is 1.75. The molecule has 2 aromatic carbocycles. The zero-order chi connectivity index (χ0) is 10.9. The van der Waals surface area contributed by atoms with Crippen molar-refractivity contribution in [1.82, 2.24) is 0 Å². The number of fused-ring (bicyclic) bond motifs is 1. The van der Waals surface area contributed by atoms with E-state index in [2.05, 4.69) is 0 Å². The van der Waals surface area contributed by atoms with Crippen molar-refractivity contribution in [3.05, 3.63) is 42.5 Å². The summed E-state index contributed by atoms with van der Waals surface area (Å²) in [4.78, 5) is 0. The van der Waals surface area contributed by atoms with Gasteiger partial charge in [-0.25, -0.2) is 0 Å². The normalized spacial score (nSPS) is 11.5. The Hall–Kier alpha value is -1.55. The van der Waals surface area contributed by atoms with Gasteiger partial charge in [0.25, 0.3) is 0 Å². The van der Waals surface area contributed by atoms with Crippen molar-refractivity contribution in [2.24, 2.45) is 0 Å². The van der Waals surface area contributed by atoms with E-state index in [4.69, 9.17) is 4.18 Å². The Morgan fingerprint density at radius 3 is 2.40 bits per heavy atom. The van der Waals surface area contributed by atoms with Crippen LogP contribution in [0.3, 0.4) is 0 Å². The lowest BCUT2D eigenvalue weighted by Gasteiger charge is -2.06. The minimum atomic E-state index is -3.47. The third kappa shape index (κ3) is 2.27. The van der Waals surface area contributed by atoms with Crippen molar-refractivity contribution in [2.45, 2.75) is 0 Å². The van der Waals surface area contributed by atoms with E-state index in [0.717, 1.165) is 17.0 Å². The first-order chi connectivity index (χ1) is 7.06. The molecule has 0 bridgehead atoms. The van der Waals surface area contributed by atoms with Crippen LogP contribution in [0.1, 0.15) is 0 Å². The molecule has 0 N–H and O–H groups in total. The molecule has 0 atom stereocenters. The van der Waals surface area contributed by atoms with Crippen LogP contribution in [0.15, 0.2) is 42.5 Å². The van der Waals surface area contributed by atoms with Crippen LogP contribution in [0, 0.1) is 0 Å². The molecule has 0 saturated heterocycles. The Bertz CT molecular complexity index is 582. The van der Waals surface area contributed by atoms with Gasteiger partial charge in [0.1, 0.15) is 5.75 Å². The van der Waals surface area contributed by atoms with Crippen LogP contribution in [-0.2, 0) is 10.1 Å². The second kappa shape index (κ2) is 3.55. The van der Waals surface area contributed by atoms with Gasteiger partial charge in [-0.3, -0.25) is 0 Å². The van der Waals surface area contributed by atoms with E-state index in [1.54, 1.807) is 12.1 Å². The number of hydrogen-bond acceptors (Lipinski definition) is 3. The molecule has 4 heteroatoms. The van der Waals surface area contributed by atoms with E-state index < -0.39 is 10.1 Å². The lowest BCUT2D eigenvalue weighted by molar-refractivity contribution is 0.495. The molecule has 0 aliphatic heterocycles. The van der Waals surface area contributed by atoms with E-state index in [0.29, 0.717) is 5.75 Å². The van der Waals surface area contributed by atoms with Gasteiger partial charge in [0, 0.05) is 5.39 Å². The molecule has 0 unspecified atom stereocenters. The van der Waals surface area contributed by atoms with Gasteiger partial charge in [0.15, 0.2) is 0 Å². The van der Waals surface area contributed by atoms with Crippen LogP contribution >= 0.6 is 0 Å². The predicted molar refractivity (Wildman–Crippen MR) is 59.4 cm³/mol. The van der Waals surface area contributed by atoms with Gasteiger partial charge in [0.05, 0.1) is 6.26 Å². The summed E-state index contributed by atoms with van der Waals surface area (Å²) in [5.41, 5.74) is 0. The average Bonchev–Trinajstić information content (AvgIpc) is 2.16. The van der Waals surface area contributed by atoms with Crippen molar-refractivity contribution in [1.29, 1.82) is 0 Å². The summed E-state index contributed by atoms with van der Waals surface area (Å²) >= 11 is 0. The van der Waals surface area contributed by atoms with Gasteiger partial charge in [0.2, 0.25) is 0 Å². The van der Waals surface area contributed by atoms with E-state index in [9.17, 15) is 8.42 Å². The van der Waals surface area contributed by atoms with E-state index in [-0.39, 0.29) is 0 Å². The lowest BCUT2D eigenvalue weighted by Crippen LogP contribution is -2.05. The standard InChI is InChI=1S/C11H10O3S/c1-15(12,13)14-11-8-4-6-9-5-2-3-7-10(9)11/h2-8H,1H3. The molecule has 3 nitrogen and oxygen atoms in total. The summed E-state index contributed by atoms with van der Waals surface area (Å²) in [6.45, 7) is 0. The lowest BCUT2D eigenvalue weighted by atomic mass is 10.1. The molecule has 0 fully saturated rings. The third-order valence-corrected chi connectivity index (χ3v) is 2.47. The van der Waals surface area contributed by atoms with Crippen LogP contribution in [0.25, 0.3) is 10.8 Å². The molecule has 0 saturated carbocycles. The van der Waals surface area contributed by atoms with Crippen LogP contribution in [0.4, 0.5) is 0 Å². The zero-order valence-corrected chi connectivity index (χ0v) is 8.99. The molecule has 0 aliphatic rings. The predicted octanol–water partition coefficient (Wildman–Crippen LogP) is 2.18. The van der Waals surface area contributed by atoms with Crippen LogP contribution in [0.5, 0.6) is 5.75 Å². The second-order valence-electron chi connectivity index (χ2n) is 3.26. The van der Waals surface area contributed by atoms with Crippen molar-refractivity contribution < 1.29 is 12.6 Å². The molecule has 78 valence electrons. The smallest absolute Gasteiger partial charge is 0.306 e.